The normalized spacial score (nSPS) is 11.8. The molecule has 0 atom stereocenters. The molecule has 0 fully saturated rings. The van der Waals surface area contributed by atoms with Crippen LogP contribution in [0.25, 0.3) is 0 Å². The summed E-state index contributed by atoms with van der Waals surface area (Å²) >= 11 is 0. The van der Waals surface area contributed by atoms with E-state index < -0.39 is 0 Å². The zero-order valence-corrected chi connectivity index (χ0v) is 9.40. The number of hydrogen-bond acceptors (Lipinski definition) is 3. The number of anilines is 1. The zero-order valence-electron chi connectivity index (χ0n) is 9.40. The summed E-state index contributed by atoms with van der Waals surface area (Å²) in [5, 5.41) is 2.74. The van der Waals surface area contributed by atoms with Crippen LogP contribution in [0.15, 0.2) is 41.0 Å². The van der Waals surface area contributed by atoms with E-state index in [1.807, 2.05) is 31.2 Å². The largest absolute Gasteiger partial charge is 0.404 e. The Bertz CT molecular complexity index is 436. The maximum atomic E-state index is 11.7. The second-order valence-electron chi connectivity index (χ2n) is 3.33. The van der Waals surface area contributed by atoms with Crippen molar-refractivity contribution in [3.8, 4) is 0 Å². The summed E-state index contributed by atoms with van der Waals surface area (Å²) in [5.41, 5.74) is 7.49. The molecule has 0 saturated carbocycles. The van der Waals surface area contributed by atoms with Crippen molar-refractivity contribution in [2.45, 2.75) is 6.92 Å². The molecule has 3 N–H and O–H groups in total. The van der Waals surface area contributed by atoms with Gasteiger partial charge in [-0.05, 0) is 24.6 Å². The van der Waals surface area contributed by atoms with Gasteiger partial charge in [-0.25, -0.2) is 0 Å². The first-order valence-corrected chi connectivity index (χ1v) is 4.89. The fourth-order valence-electron chi connectivity index (χ4n) is 1.24. The lowest BCUT2D eigenvalue weighted by Crippen LogP contribution is -2.16. The summed E-state index contributed by atoms with van der Waals surface area (Å²) in [7, 11) is 1.59. The van der Waals surface area contributed by atoms with Gasteiger partial charge in [0.2, 0.25) is 0 Å². The van der Waals surface area contributed by atoms with Crippen molar-refractivity contribution in [3.63, 3.8) is 0 Å². The summed E-state index contributed by atoms with van der Waals surface area (Å²) < 4.78 is 0. The Hall–Kier alpha value is -2.10. The van der Waals surface area contributed by atoms with Gasteiger partial charge in [-0.2, -0.15) is 0 Å². The molecule has 1 aromatic carbocycles. The number of aliphatic imine (C=N–C) groups is 1. The van der Waals surface area contributed by atoms with Crippen LogP contribution >= 0.6 is 0 Å². The molecule has 1 aromatic rings. The van der Waals surface area contributed by atoms with Gasteiger partial charge in [0, 0.05) is 25.1 Å². The molecule has 84 valence electrons. The van der Waals surface area contributed by atoms with Crippen LogP contribution in [0, 0.1) is 6.92 Å². The molecule has 0 aromatic heterocycles. The highest BCUT2D eigenvalue weighted by molar-refractivity contribution is 6.17. The second kappa shape index (κ2) is 5.70. The number of benzene rings is 1. The number of rotatable bonds is 3. The maximum absolute atomic E-state index is 11.7. The number of nitrogens with two attached hydrogens (primary N) is 1. The molecule has 0 bridgehead atoms. The molecule has 1 amide bonds. The number of carbonyl (C=O) groups is 1. The van der Waals surface area contributed by atoms with E-state index in [-0.39, 0.29) is 5.91 Å². The molecule has 0 radical (unpaired) electrons. The third kappa shape index (κ3) is 3.24. The first-order chi connectivity index (χ1) is 7.67. The van der Waals surface area contributed by atoms with Crippen molar-refractivity contribution in [1.29, 1.82) is 0 Å². The molecule has 0 heterocycles. The standard InChI is InChI=1S/C12H15N3O/c1-9-4-3-5-11(6-9)15-12(16)10(7-13)8-14-2/h3-8H,13H2,1-2H3,(H,15,16)/b10-7+,14-8?. The van der Waals surface area contributed by atoms with Crippen molar-refractivity contribution < 1.29 is 4.79 Å². The second-order valence-corrected chi connectivity index (χ2v) is 3.33. The lowest BCUT2D eigenvalue weighted by atomic mass is 10.2. The van der Waals surface area contributed by atoms with Crippen LogP contribution in [0.4, 0.5) is 5.69 Å². The Labute approximate surface area is 94.9 Å². The number of amides is 1. The fourth-order valence-corrected chi connectivity index (χ4v) is 1.24. The first kappa shape index (κ1) is 12.0. The third-order valence-electron chi connectivity index (χ3n) is 1.99. The zero-order chi connectivity index (χ0) is 12.0. The Morgan fingerprint density at radius 1 is 1.50 bits per heavy atom. The average molecular weight is 217 g/mol. The highest BCUT2D eigenvalue weighted by atomic mass is 16.1. The molecule has 0 aliphatic heterocycles. The van der Waals surface area contributed by atoms with E-state index in [9.17, 15) is 4.79 Å². The Kier molecular flexibility index (Phi) is 4.27. The summed E-state index contributed by atoms with van der Waals surface area (Å²) in [6, 6.07) is 7.55. The van der Waals surface area contributed by atoms with Crippen LogP contribution in [0.2, 0.25) is 0 Å². The maximum Gasteiger partial charge on any atom is 0.258 e. The van der Waals surface area contributed by atoms with Crippen LogP contribution in [0.5, 0.6) is 0 Å². The van der Waals surface area contributed by atoms with Gasteiger partial charge < -0.3 is 11.1 Å². The predicted octanol–water partition coefficient (Wildman–Crippen LogP) is 1.48. The van der Waals surface area contributed by atoms with Gasteiger partial charge in [0.25, 0.3) is 5.91 Å². The molecule has 16 heavy (non-hydrogen) atoms. The molecular formula is C12H15N3O. The lowest BCUT2D eigenvalue weighted by molar-refractivity contribution is -0.112. The Morgan fingerprint density at radius 2 is 2.25 bits per heavy atom. The molecule has 0 aliphatic carbocycles. The minimum Gasteiger partial charge on any atom is -0.404 e. The first-order valence-electron chi connectivity index (χ1n) is 4.89. The van der Waals surface area contributed by atoms with Crippen molar-refractivity contribution in [1.82, 2.24) is 0 Å². The van der Waals surface area contributed by atoms with Crippen molar-refractivity contribution in [3.05, 3.63) is 41.6 Å². The Morgan fingerprint density at radius 3 is 2.81 bits per heavy atom. The quantitative estimate of drug-likeness (QED) is 0.594. The number of nitrogens with zero attached hydrogens (tertiary/aromatic N) is 1. The van der Waals surface area contributed by atoms with Gasteiger partial charge >= 0.3 is 0 Å². The summed E-state index contributed by atoms with van der Waals surface area (Å²) in [4.78, 5) is 15.4. The van der Waals surface area contributed by atoms with E-state index in [4.69, 9.17) is 5.73 Å². The van der Waals surface area contributed by atoms with Crippen LogP contribution in [0.3, 0.4) is 0 Å². The summed E-state index contributed by atoms with van der Waals surface area (Å²) in [6.45, 7) is 1.96. The number of nitrogens with one attached hydrogen (secondary N) is 1. The number of carbonyl (C=O) groups excluding carboxylic acids is 1. The fraction of sp³-hybridized carbons (Fsp3) is 0.167. The number of aryl methyl sites for hydroxylation is 1. The smallest absolute Gasteiger partial charge is 0.258 e. The monoisotopic (exact) mass is 217 g/mol. The topological polar surface area (TPSA) is 67.5 Å². The van der Waals surface area contributed by atoms with E-state index in [2.05, 4.69) is 10.3 Å². The van der Waals surface area contributed by atoms with Gasteiger partial charge in [-0.1, -0.05) is 12.1 Å². The van der Waals surface area contributed by atoms with Crippen LogP contribution < -0.4 is 11.1 Å². The molecule has 4 nitrogen and oxygen atoms in total. The van der Waals surface area contributed by atoms with Crippen LogP contribution in [-0.4, -0.2) is 19.2 Å². The SMILES string of the molecule is CN=C/C(=C\N)C(=O)Nc1cccc(C)c1. The third-order valence-corrected chi connectivity index (χ3v) is 1.99. The van der Waals surface area contributed by atoms with Crippen molar-refractivity contribution in [2.75, 3.05) is 12.4 Å². The Balaban J connectivity index is 2.78. The minimum absolute atomic E-state index is 0.265. The molecule has 4 heteroatoms. The van der Waals surface area contributed by atoms with Gasteiger partial charge in [0.05, 0.1) is 5.57 Å². The minimum atomic E-state index is -0.265. The molecule has 0 unspecified atom stereocenters. The summed E-state index contributed by atoms with van der Waals surface area (Å²) in [6.07, 6.45) is 2.66. The highest BCUT2D eigenvalue weighted by Gasteiger charge is 2.06. The predicted molar refractivity (Wildman–Crippen MR) is 66.5 cm³/mol. The molecule has 0 aliphatic rings. The van der Waals surface area contributed by atoms with Gasteiger partial charge in [0.15, 0.2) is 0 Å². The van der Waals surface area contributed by atoms with Crippen molar-refractivity contribution in [2.24, 2.45) is 10.7 Å². The lowest BCUT2D eigenvalue weighted by Gasteiger charge is -2.05. The molecule has 0 saturated heterocycles. The van der Waals surface area contributed by atoms with E-state index in [0.717, 1.165) is 11.3 Å². The van der Waals surface area contributed by atoms with E-state index in [1.165, 1.54) is 12.4 Å². The van der Waals surface area contributed by atoms with Crippen LogP contribution in [-0.2, 0) is 4.79 Å². The van der Waals surface area contributed by atoms with Gasteiger partial charge in [-0.3, -0.25) is 9.79 Å². The number of hydrogen-bond donors (Lipinski definition) is 2. The van der Waals surface area contributed by atoms with Gasteiger partial charge in [-0.15, -0.1) is 0 Å². The average Bonchev–Trinajstić information content (AvgIpc) is 2.25. The van der Waals surface area contributed by atoms with E-state index in [0.29, 0.717) is 5.57 Å². The highest BCUT2D eigenvalue weighted by Crippen LogP contribution is 2.10. The van der Waals surface area contributed by atoms with Crippen LogP contribution in [0.1, 0.15) is 5.56 Å². The molecule has 0 spiro atoms. The summed E-state index contributed by atoms with van der Waals surface area (Å²) in [5.74, 6) is -0.265. The van der Waals surface area contributed by atoms with E-state index >= 15 is 0 Å². The molecular weight excluding hydrogens is 202 g/mol. The van der Waals surface area contributed by atoms with Gasteiger partial charge in [0.1, 0.15) is 0 Å². The van der Waals surface area contributed by atoms with Crippen molar-refractivity contribution >= 4 is 17.8 Å². The van der Waals surface area contributed by atoms with E-state index in [1.54, 1.807) is 7.05 Å². The molecule has 1 rings (SSSR count).